The van der Waals surface area contributed by atoms with Crippen LogP contribution in [0.1, 0.15) is 124 Å². The highest BCUT2D eigenvalue weighted by Crippen LogP contribution is 2.70. The van der Waals surface area contributed by atoms with Crippen LogP contribution < -0.4 is 4.74 Å². The average Bonchev–Trinajstić information content (AvgIpc) is 3.52. The van der Waals surface area contributed by atoms with Crippen molar-refractivity contribution in [1.29, 1.82) is 0 Å². The maximum absolute atomic E-state index is 7.07. The van der Waals surface area contributed by atoms with E-state index in [0.29, 0.717) is 35.1 Å². The van der Waals surface area contributed by atoms with E-state index in [1.807, 2.05) is 0 Å². The number of benzene rings is 1. The molecule has 0 bridgehead atoms. The van der Waals surface area contributed by atoms with E-state index in [0.717, 1.165) is 47.9 Å². The van der Waals surface area contributed by atoms with Crippen LogP contribution in [0.5, 0.6) is 5.75 Å². The highest BCUT2D eigenvalue weighted by molar-refractivity contribution is 5.26. The van der Waals surface area contributed by atoms with E-state index in [1.165, 1.54) is 102 Å². The Labute approximate surface area is 276 Å². The molecule has 4 saturated carbocycles. The fourth-order valence-electron chi connectivity index (χ4n) is 12.2. The maximum atomic E-state index is 7.07. The largest absolute Gasteiger partial charge is 0.497 e. The summed E-state index contributed by atoms with van der Waals surface area (Å²) < 4.78 is 18.9. The molecule has 6 rings (SSSR count). The van der Waals surface area contributed by atoms with Gasteiger partial charge < -0.3 is 19.1 Å². The van der Waals surface area contributed by atoms with Gasteiger partial charge in [-0.3, -0.25) is 0 Å². The van der Waals surface area contributed by atoms with Crippen LogP contribution in [-0.2, 0) is 16.1 Å². The summed E-state index contributed by atoms with van der Waals surface area (Å²) in [6.45, 7) is 19.6. The molecule has 0 aromatic heterocycles. The van der Waals surface area contributed by atoms with Crippen LogP contribution in [0.2, 0.25) is 0 Å². The summed E-state index contributed by atoms with van der Waals surface area (Å²) in [5, 5.41) is 0. The Morgan fingerprint density at radius 2 is 1.67 bits per heavy atom. The average molecular weight is 622 g/mol. The molecule has 0 spiro atoms. The molecule has 4 heteroatoms. The van der Waals surface area contributed by atoms with Gasteiger partial charge in [0.15, 0.2) is 0 Å². The summed E-state index contributed by atoms with van der Waals surface area (Å²) >= 11 is 0. The number of hydrogen-bond acceptors (Lipinski definition) is 4. The standard InChI is InChI=1S/C41H67NO3/c1-8-22-42(23-9-2)26-28(3)10-17-37-29(4)39-38(45-37)25-36-34-16-13-31-24-33(44-27-30-11-14-32(43-7)15-12-30)18-20-40(31,5)35(34)19-21-41(36,39)6/h11-12,14-15,28-29,31,33-39H,8-10,13,16-27H2,1-7H3/t28-,29+,31+,33-,34+,35-,36-,37+,38-,39-,40-,41-/m0/s1. The van der Waals surface area contributed by atoms with Gasteiger partial charge in [-0.05, 0) is 160 Å². The number of nitrogens with zero attached hydrogens (tertiary/aromatic N) is 1. The van der Waals surface area contributed by atoms with Gasteiger partial charge in [0.25, 0.3) is 0 Å². The summed E-state index contributed by atoms with van der Waals surface area (Å²) in [4.78, 5) is 2.69. The van der Waals surface area contributed by atoms with Crippen LogP contribution in [0, 0.1) is 52.3 Å². The van der Waals surface area contributed by atoms with E-state index in [2.05, 4.69) is 70.7 Å². The summed E-state index contributed by atoms with van der Waals surface area (Å²) in [5.74, 6) is 6.66. The Morgan fingerprint density at radius 3 is 2.38 bits per heavy atom. The maximum Gasteiger partial charge on any atom is 0.118 e. The zero-order chi connectivity index (χ0) is 31.8. The van der Waals surface area contributed by atoms with Gasteiger partial charge in [-0.25, -0.2) is 0 Å². The number of hydrogen-bond donors (Lipinski definition) is 0. The molecule has 1 saturated heterocycles. The molecule has 4 nitrogen and oxygen atoms in total. The third-order valence-electron chi connectivity index (χ3n) is 14.4. The van der Waals surface area contributed by atoms with E-state index < -0.39 is 0 Å². The third kappa shape index (κ3) is 6.65. The van der Waals surface area contributed by atoms with Crippen molar-refractivity contribution in [3.8, 4) is 5.75 Å². The first-order valence-electron chi connectivity index (χ1n) is 19.3. The number of ether oxygens (including phenoxy) is 3. The summed E-state index contributed by atoms with van der Waals surface area (Å²) in [6.07, 6.45) is 17.4. The second-order valence-corrected chi connectivity index (χ2v) is 17.1. The summed E-state index contributed by atoms with van der Waals surface area (Å²) in [5.41, 5.74) is 2.23. The molecule has 1 heterocycles. The molecule has 1 aromatic rings. The lowest BCUT2D eigenvalue weighted by atomic mass is 9.44. The normalized spacial score (nSPS) is 41.3. The number of rotatable bonds is 13. The molecule has 45 heavy (non-hydrogen) atoms. The molecule has 4 aliphatic carbocycles. The Hall–Kier alpha value is -1.10. The molecule has 12 atom stereocenters. The lowest BCUT2D eigenvalue weighted by molar-refractivity contribution is -0.139. The molecule has 0 unspecified atom stereocenters. The van der Waals surface area contributed by atoms with Crippen molar-refractivity contribution in [3.63, 3.8) is 0 Å². The molecule has 1 aromatic carbocycles. The van der Waals surface area contributed by atoms with Crippen molar-refractivity contribution >= 4 is 0 Å². The van der Waals surface area contributed by atoms with Gasteiger partial charge in [0.2, 0.25) is 0 Å². The van der Waals surface area contributed by atoms with Crippen LogP contribution in [0.25, 0.3) is 0 Å². The SMILES string of the molecule is CCCN(CCC)C[C@@H](C)CC[C@H]1O[C@H]2C[C@H]3[C@@H]4CC[C@@H]5C[C@@H](OCc6ccc(OC)cc6)CC[C@]5(C)[C@H]4CC[C@]3(C)[C@H]2[C@@H]1C. The zero-order valence-electron chi connectivity index (χ0n) is 30.1. The van der Waals surface area contributed by atoms with Gasteiger partial charge in [0.1, 0.15) is 5.75 Å². The van der Waals surface area contributed by atoms with E-state index in [9.17, 15) is 0 Å². The number of fused-ring (bicyclic) bond motifs is 7. The third-order valence-corrected chi connectivity index (χ3v) is 14.4. The van der Waals surface area contributed by atoms with Gasteiger partial charge in [-0.1, -0.05) is 53.7 Å². The van der Waals surface area contributed by atoms with Crippen molar-refractivity contribution in [2.75, 3.05) is 26.7 Å². The van der Waals surface area contributed by atoms with Crippen molar-refractivity contribution in [2.24, 2.45) is 52.3 Å². The second-order valence-electron chi connectivity index (χ2n) is 17.1. The molecule has 0 amide bonds. The second kappa shape index (κ2) is 14.2. The van der Waals surface area contributed by atoms with Gasteiger partial charge in [-0.2, -0.15) is 0 Å². The van der Waals surface area contributed by atoms with Crippen molar-refractivity contribution in [2.45, 2.75) is 144 Å². The highest BCUT2D eigenvalue weighted by Gasteiger charge is 2.65. The van der Waals surface area contributed by atoms with E-state index in [-0.39, 0.29) is 0 Å². The number of methoxy groups -OCH3 is 1. The van der Waals surface area contributed by atoms with E-state index in [4.69, 9.17) is 14.2 Å². The molecule has 1 aliphatic heterocycles. The van der Waals surface area contributed by atoms with Gasteiger partial charge in [0.05, 0.1) is 32.0 Å². The monoisotopic (exact) mass is 622 g/mol. The zero-order valence-corrected chi connectivity index (χ0v) is 30.1. The van der Waals surface area contributed by atoms with Crippen LogP contribution >= 0.6 is 0 Å². The van der Waals surface area contributed by atoms with Crippen molar-refractivity contribution < 1.29 is 14.2 Å². The highest BCUT2D eigenvalue weighted by atomic mass is 16.5. The first-order valence-corrected chi connectivity index (χ1v) is 19.3. The predicted octanol–water partition coefficient (Wildman–Crippen LogP) is 9.79. The minimum Gasteiger partial charge on any atom is -0.497 e. The Balaban J connectivity index is 1.03. The molecule has 0 N–H and O–H groups in total. The van der Waals surface area contributed by atoms with E-state index >= 15 is 0 Å². The van der Waals surface area contributed by atoms with Crippen LogP contribution in [0.15, 0.2) is 24.3 Å². The molecule has 5 aliphatic rings. The van der Waals surface area contributed by atoms with Crippen molar-refractivity contribution in [1.82, 2.24) is 4.90 Å². The fraction of sp³-hybridized carbons (Fsp3) is 0.854. The molecular formula is C41H67NO3. The lowest BCUT2D eigenvalue weighted by Gasteiger charge is -2.61. The Morgan fingerprint density at radius 1 is 0.933 bits per heavy atom. The smallest absolute Gasteiger partial charge is 0.118 e. The molecule has 254 valence electrons. The van der Waals surface area contributed by atoms with Gasteiger partial charge in [0, 0.05) is 6.54 Å². The van der Waals surface area contributed by atoms with Crippen molar-refractivity contribution in [3.05, 3.63) is 29.8 Å². The molecule has 0 radical (unpaired) electrons. The predicted molar refractivity (Wildman–Crippen MR) is 185 cm³/mol. The summed E-state index contributed by atoms with van der Waals surface area (Å²) in [7, 11) is 1.73. The molecular weight excluding hydrogens is 554 g/mol. The Kier molecular flexibility index (Phi) is 10.6. The molecule has 5 fully saturated rings. The topological polar surface area (TPSA) is 30.9 Å². The van der Waals surface area contributed by atoms with Crippen LogP contribution in [-0.4, -0.2) is 50.0 Å². The first-order chi connectivity index (χ1) is 21.7. The van der Waals surface area contributed by atoms with Gasteiger partial charge in [-0.15, -0.1) is 0 Å². The van der Waals surface area contributed by atoms with Crippen LogP contribution in [0.3, 0.4) is 0 Å². The quantitative estimate of drug-likeness (QED) is 0.219. The van der Waals surface area contributed by atoms with Crippen LogP contribution in [0.4, 0.5) is 0 Å². The van der Waals surface area contributed by atoms with Gasteiger partial charge >= 0.3 is 0 Å². The fourth-order valence-corrected chi connectivity index (χ4v) is 12.2. The summed E-state index contributed by atoms with van der Waals surface area (Å²) in [6, 6.07) is 8.40. The minimum absolute atomic E-state index is 0.414. The lowest BCUT2D eigenvalue weighted by Crippen LogP contribution is -2.54. The first kappa shape index (κ1) is 33.8. The van der Waals surface area contributed by atoms with E-state index in [1.54, 1.807) is 7.11 Å². The minimum atomic E-state index is 0.414. The Bertz CT molecular complexity index is 1080.